The van der Waals surface area contributed by atoms with E-state index in [1.54, 1.807) is 0 Å². The smallest absolute Gasteiger partial charge is 0.0809 e. The van der Waals surface area contributed by atoms with Gasteiger partial charge in [0.05, 0.1) is 5.70 Å². The van der Waals surface area contributed by atoms with Crippen molar-refractivity contribution in [2.24, 2.45) is 10.6 Å². The molecule has 0 bridgehead atoms. The first-order valence-electron chi connectivity index (χ1n) is 3.66. The summed E-state index contributed by atoms with van der Waals surface area (Å²) in [5, 5.41) is 2.92. The van der Waals surface area contributed by atoms with Crippen molar-refractivity contribution in [2.45, 2.75) is 33.1 Å². The third-order valence-corrected chi connectivity index (χ3v) is 2.07. The summed E-state index contributed by atoms with van der Waals surface area (Å²) in [4.78, 5) is 10.1. The zero-order chi connectivity index (χ0) is 7.61. The first-order valence-corrected chi connectivity index (χ1v) is 3.66. The Morgan fingerprint density at radius 1 is 1.60 bits per heavy atom. The maximum Gasteiger partial charge on any atom is 0.0809 e. The van der Waals surface area contributed by atoms with Crippen LogP contribution in [-0.4, -0.2) is 0 Å². The Hall–Kier alpha value is -0.660. The molecular formula is C8H13NO. The van der Waals surface area contributed by atoms with Crippen LogP contribution in [0.25, 0.3) is 0 Å². The predicted octanol–water partition coefficient (Wildman–Crippen LogP) is 2.85. The SMILES string of the molecule is CC1(C)CC=C(N=O)CC1. The van der Waals surface area contributed by atoms with E-state index in [1.165, 1.54) is 0 Å². The zero-order valence-electron chi connectivity index (χ0n) is 6.55. The van der Waals surface area contributed by atoms with E-state index in [1.807, 2.05) is 6.08 Å². The summed E-state index contributed by atoms with van der Waals surface area (Å²) in [5.74, 6) is 0. The molecule has 56 valence electrons. The van der Waals surface area contributed by atoms with Gasteiger partial charge in [-0.1, -0.05) is 19.9 Å². The molecule has 0 unspecified atom stereocenters. The highest BCUT2D eigenvalue weighted by molar-refractivity contribution is 5.06. The summed E-state index contributed by atoms with van der Waals surface area (Å²) in [5.41, 5.74) is 1.12. The van der Waals surface area contributed by atoms with Crippen molar-refractivity contribution in [3.63, 3.8) is 0 Å². The molecule has 1 aliphatic rings. The average molecular weight is 139 g/mol. The molecule has 0 amide bonds. The summed E-state index contributed by atoms with van der Waals surface area (Å²) >= 11 is 0. The highest BCUT2D eigenvalue weighted by Crippen LogP contribution is 2.34. The molecule has 2 heteroatoms. The molecule has 1 rings (SSSR count). The third kappa shape index (κ3) is 1.66. The Morgan fingerprint density at radius 3 is 2.70 bits per heavy atom. The highest BCUT2D eigenvalue weighted by Gasteiger charge is 2.21. The lowest BCUT2D eigenvalue weighted by atomic mass is 9.80. The van der Waals surface area contributed by atoms with E-state index in [-0.39, 0.29) is 0 Å². The van der Waals surface area contributed by atoms with Crippen LogP contribution in [0.15, 0.2) is 16.9 Å². The van der Waals surface area contributed by atoms with E-state index >= 15 is 0 Å². The number of nitroso groups, excluding NO2 is 1. The van der Waals surface area contributed by atoms with Gasteiger partial charge in [0.25, 0.3) is 0 Å². The molecule has 0 aliphatic heterocycles. The van der Waals surface area contributed by atoms with Gasteiger partial charge in [0.15, 0.2) is 0 Å². The van der Waals surface area contributed by atoms with Crippen LogP contribution in [0.1, 0.15) is 33.1 Å². The number of hydrogen-bond acceptors (Lipinski definition) is 2. The molecule has 0 N–H and O–H groups in total. The third-order valence-electron chi connectivity index (χ3n) is 2.07. The number of allylic oxidation sites excluding steroid dienone is 2. The minimum absolute atomic E-state index is 0.383. The molecule has 0 saturated heterocycles. The van der Waals surface area contributed by atoms with E-state index in [0.29, 0.717) is 5.41 Å². The van der Waals surface area contributed by atoms with Gasteiger partial charge in [-0.3, -0.25) is 0 Å². The minimum atomic E-state index is 0.383. The maximum absolute atomic E-state index is 10.1. The number of hydrogen-bond donors (Lipinski definition) is 0. The lowest BCUT2D eigenvalue weighted by molar-refractivity contribution is 0.324. The molecule has 0 heterocycles. The predicted molar refractivity (Wildman–Crippen MR) is 41.5 cm³/mol. The normalized spacial score (nSPS) is 23.6. The van der Waals surface area contributed by atoms with Gasteiger partial charge >= 0.3 is 0 Å². The summed E-state index contributed by atoms with van der Waals surface area (Å²) in [6.45, 7) is 4.43. The van der Waals surface area contributed by atoms with E-state index in [9.17, 15) is 4.91 Å². The molecule has 0 aromatic carbocycles. The second-order valence-electron chi connectivity index (χ2n) is 3.66. The van der Waals surface area contributed by atoms with Crippen molar-refractivity contribution in [3.8, 4) is 0 Å². The van der Waals surface area contributed by atoms with Crippen LogP contribution in [0.5, 0.6) is 0 Å². The molecule has 0 radical (unpaired) electrons. The van der Waals surface area contributed by atoms with Crippen molar-refractivity contribution in [1.29, 1.82) is 0 Å². The van der Waals surface area contributed by atoms with Crippen LogP contribution in [0, 0.1) is 10.3 Å². The Kier molecular flexibility index (Phi) is 1.88. The van der Waals surface area contributed by atoms with Crippen LogP contribution < -0.4 is 0 Å². The summed E-state index contributed by atoms with van der Waals surface area (Å²) in [6, 6.07) is 0. The second kappa shape index (κ2) is 2.52. The summed E-state index contributed by atoms with van der Waals surface area (Å²) < 4.78 is 0. The molecule has 10 heavy (non-hydrogen) atoms. The van der Waals surface area contributed by atoms with Crippen LogP contribution in [0.2, 0.25) is 0 Å². The fourth-order valence-corrected chi connectivity index (χ4v) is 1.15. The Morgan fingerprint density at radius 2 is 2.30 bits per heavy atom. The van der Waals surface area contributed by atoms with Crippen molar-refractivity contribution in [2.75, 3.05) is 0 Å². The van der Waals surface area contributed by atoms with Gasteiger partial charge < -0.3 is 0 Å². The second-order valence-corrected chi connectivity index (χ2v) is 3.66. The first kappa shape index (κ1) is 7.45. The van der Waals surface area contributed by atoms with E-state index in [4.69, 9.17) is 0 Å². The first-order chi connectivity index (χ1) is 4.64. The quantitative estimate of drug-likeness (QED) is 0.513. The lowest BCUT2D eigenvalue weighted by Crippen LogP contribution is -2.13. The van der Waals surface area contributed by atoms with Crippen molar-refractivity contribution in [3.05, 3.63) is 16.7 Å². The van der Waals surface area contributed by atoms with Gasteiger partial charge in [0.1, 0.15) is 0 Å². The van der Waals surface area contributed by atoms with Crippen LogP contribution in [-0.2, 0) is 0 Å². The van der Waals surface area contributed by atoms with Gasteiger partial charge in [0, 0.05) is 0 Å². The standard InChI is InChI=1S/C8H13NO/c1-8(2)5-3-7(9-10)4-6-8/h3H,4-6H2,1-2H3. The fourth-order valence-electron chi connectivity index (χ4n) is 1.15. The van der Waals surface area contributed by atoms with Gasteiger partial charge in [-0.25, -0.2) is 0 Å². The molecule has 0 aromatic rings. The lowest BCUT2D eigenvalue weighted by Gasteiger charge is -2.26. The molecule has 0 spiro atoms. The van der Waals surface area contributed by atoms with E-state index in [2.05, 4.69) is 19.0 Å². The van der Waals surface area contributed by atoms with Gasteiger partial charge in [-0.05, 0) is 29.9 Å². The molecule has 0 atom stereocenters. The molecule has 0 saturated carbocycles. The van der Waals surface area contributed by atoms with Crippen LogP contribution in [0.4, 0.5) is 0 Å². The number of nitrogens with zero attached hydrogens (tertiary/aromatic N) is 1. The zero-order valence-corrected chi connectivity index (χ0v) is 6.55. The molecule has 1 aliphatic carbocycles. The Bertz CT molecular complexity index is 170. The van der Waals surface area contributed by atoms with E-state index in [0.717, 1.165) is 25.0 Å². The molecule has 0 aromatic heterocycles. The van der Waals surface area contributed by atoms with Gasteiger partial charge in [-0.2, -0.15) is 0 Å². The van der Waals surface area contributed by atoms with Crippen LogP contribution >= 0.6 is 0 Å². The monoisotopic (exact) mass is 139 g/mol. The van der Waals surface area contributed by atoms with Crippen molar-refractivity contribution < 1.29 is 0 Å². The van der Waals surface area contributed by atoms with Gasteiger partial charge in [-0.15, -0.1) is 4.91 Å². The highest BCUT2D eigenvalue weighted by atomic mass is 16.3. The summed E-state index contributed by atoms with van der Waals surface area (Å²) in [6.07, 6.45) is 4.89. The Labute approximate surface area is 61.3 Å². The van der Waals surface area contributed by atoms with Crippen molar-refractivity contribution in [1.82, 2.24) is 0 Å². The van der Waals surface area contributed by atoms with E-state index < -0.39 is 0 Å². The topological polar surface area (TPSA) is 29.4 Å². The minimum Gasteiger partial charge on any atom is -0.145 e. The Balaban J connectivity index is 2.60. The molecule has 2 nitrogen and oxygen atoms in total. The molecule has 0 fully saturated rings. The summed E-state index contributed by atoms with van der Waals surface area (Å²) in [7, 11) is 0. The largest absolute Gasteiger partial charge is 0.145 e. The average Bonchev–Trinajstić information content (AvgIpc) is 1.88. The van der Waals surface area contributed by atoms with Gasteiger partial charge in [0.2, 0.25) is 0 Å². The maximum atomic E-state index is 10.1. The van der Waals surface area contributed by atoms with Crippen LogP contribution in [0.3, 0.4) is 0 Å². The molecular weight excluding hydrogens is 126 g/mol. The number of rotatable bonds is 1. The fraction of sp³-hybridized carbons (Fsp3) is 0.750. The van der Waals surface area contributed by atoms with Crippen molar-refractivity contribution >= 4 is 0 Å².